The number of pyridine rings is 2. The first kappa shape index (κ1) is 61.2. The molecule has 3 aromatic heterocycles. The van der Waals surface area contributed by atoms with Gasteiger partial charge in [-0.1, -0.05) is 18.2 Å². The Morgan fingerprint density at radius 1 is 0.879 bits per heavy atom. The van der Waals surface area contributed by atoms with Crippen molar-refractivity contribution < 1.29 is 51.7 Å². The normalized spacial score (nSPS) is 25.5. The molecule has 91 heavy (non-hydrogen) atoms. The van der Waals surface area contributed by atoms with Gasteiger partial charge in [0.15, 0.2) is 11.6 Å². The van der Waals surface area contributed by atoms with Crippen molar-refractivity contribution in [2.75, 3.05) is 113 Å². The van der Waals surface area contributed by atoms with Crippen molar-refractivity contribution in [1.29, 1.82) is 0 Å². The Morgan fingerprint density at radius 3 is 2.46 bits per heavy atom. The van der Waals surface area contributed by atoms with E-state index in [1.807, 2.05) is 37.4 Å². The number of rotatable bonds is 16. The van der Waals surface area contributed by atoms with E-state index in [1.165, 1.54) is 17.7 Å². The monoisotopic (exact) mass is 1270 g/mol. The molecule has 0 unspecified atom stereocenters. The van der Waals surface area contributed by atoms with Gasteiger partial charge in [-0.2, -0.15) is 4.98 Å². The summed E-state index contributed by atoms with van der Waals surface area (Å²) in [6, 6.07) is 21.8. The maximum absolute atomic E-state index is 14.9. The molecule has 4 saturated heterocycles. The summed E-state index contributed by atoms with van der Waals surface area (Å²) in [6.07, 6.45) is 10.8. The molecule has 0 radical (unpaired) electrons. The van der Waals surface area contributed by atoms with Crippen LogP contribution in [-0.4, -0.2) is 172 Å². The number of nitro benzene ring substituents is 1. The van der Waals surface area contributed by atoms with E-state index in [0.29, 0.717) is 87.8 Å². The molecule has 484 valence electrons. The van der Waals surface area contributed by atoms with Gasteiger partial charge in [-0.25, -0.2) is 18.1 Å². The topological polar surface area (TPSA) is 252 Å². The number of aliphatic hydroxyl groups is 1. The lowest BCUT2D eigenvalue weighted by atomic mass is 9.59. The molecule has 23 nitrogen and oxygen atoms in total. The minimum absolute atomic E-state index is 0.000479. The number of aromatic amines is 1. The van der Waals surface area contributed by atoms with E-state index in [1.54, 1.807) is 13.2 Å². The highest BCUT2D eigenvalue weighted by molar-refractivity contribution is 7.90. The number of ether oxygens (including phenoxy) is 6. The van der Waals surface area contributed by atoms with Crippen LogP contribution in [0.2, 0.25) is 0 Å². The van der Waals surface area contributed by atoms with Crippen molar-refractivity contribution in [1.82, 2.24) is 29.5 Å². The number of nitrogens with zero attached hydrogens (tertiary/aromatic N) is 8. The van der Waals surface area contributed by atoms with Crippen LogP contribution in [0.4, 0.5) is 34.3 Å². The molecule has 9 heterocycles. The quantitative estimate of drug-likeness (QED) is 0.0521. The van der Waals surface area contributed by atoms with Gasteiger partial charge in [0.2, 0.25) is 5.88 Å². The van der Waals surface area contributed by atoms with Crippen molar-refractivity contribution in [3.05, 3.63) is 118 Å². The highest BCUT2D eigenvalue weighted by Gasteiger charge is 2.51. The molecule has 2 aliphatic carbocycles. The lowest BCUT2D eigenvalue weighted by Gasteiger charge is -2.58. The predicted octanol–water partition coefficient (Wildman–Crippen LogP) is 9.04. The number of H-pyrrole nitrogens is 1. The minimum Gasteiger partial charge on any atom is -0.492 e. The fraction of sp³-hybridized carbons (Fsp3) is 0.537. The van der Waals surface area contributed by atoms with E-state index >= 15 is 0 Å². The first-order valence-corrected chi connectivity index (χ1v) is 33.9. The lowest BCUT2D eigenvalue weighted by molar-refractivity contribution is -0.384. The number of piperazine rings is 1. The molecule has 6 fully saturated rings. The van der Waals surface area contributed by atoms with Gasteiger partial charge in [0.05, 0.1) is 91.0 Å². The number of aromatic nitrogens is 3. The molecule has 24 heteroatoms. The number of hydrogen-bond acceptors (Lipinski definition) is 20. The molecule has 8 aliphatic rings. The Kier molecular flexibility index (Phi) is 16.8. The molecule has 4 N–H and O–H groups in total. The molecule has 14 rings (SSSR count). The van der Waals surface area contributed by atoms with Crippen LogP contribution in [0.25, 0.3) is 11.0 Å². The predicted molar refractivity (Wildman–Crippen MR) is 343 cm³/mol. The maximum Gasteiger partial charge on any atom is 0.293 e. The molecule has 6 aromatic rings. The molecule has 0 bridgehead atoms. The summed E-state index contributed by atoms with van der Waals surface area (Å²) in [5.41, 5.74) is 5.28. The number of hydrogen-bond donors (Lipinski definition) is 4. The van der Waals surface area contributed by atoms with Crippen LogP contribution in [0.1, 0.15) is 118 Å². The number of fused-ring (bicyclic) bond motifs is 4. The van der Waals surface area contributed by atoms with Gasteiger partial charge in [-0.05, 0) is 144 Å². The van der Waals surface area contributed by atoms with Crippen molar-refractivity contribution >= 4 is 61.2 Å². The fourth-order valence-corrected chi connectivity index (χ4v) is 16.6. The highest BCUT2D eigenvalue weighted by atomic mass is 32.2. The number of benzene rings is 3. The number of anilines is 5. The molecule has 1 amide bonds. The van der Waals surface area contributed by atoms with Gasteiger partial charge in [0.25, 0.3) is 21.6 Å². The van der Waals surface area contributed by atoms with Crippen LogP contribution in [0, 0.1) is 21.4 Å². The number of nitrogens with one attached hydrogen (secondary N) is 3. The first-order valence-electron chi connectivity index (χ1n) is 32.5. The molecule has 3 aromatic carbocycles. The van der Waals surface area contributed by atoms with Crippen LogP contribution in [-0.2, 0) is 30.8 Å². The Hall–Kier alpha value is -7.32. The Morgan fingerprint density at radius 2 is 1.68 bits per heavy atom. The zero-order valence-corrected chi connectivity index (χ0v) is 53.1. The summed E-state index contributed by atoms with van der Waals surface area (Å²) in [4.78, 5) is 51.6. The van der Waals surface area contributed by atoms with Gasteiger partial charge < -0.3 is 58.5 Å². The van der Waals surface area contributed by atoms with E-state index in [2.05, 4.69) is 83.8 Å². The zero-order chi connectivity index (χ0) is 62.8. The number of morpholine rings is 1. The van der Waals surface area contributed by atoms with Gasteiger partial charge in [-0.15, -0.1) is 0 Å². The Bertz CT molecular complexity index is 3800. The molecule has 1 spiro atoms. The Balaban J connectivity index is 0.718. The smallest absolute Gasteiger partial charge is 0.293 e. The number of nitro groups is 1. The third kappa shape index (κ3) is 12.1. The number of carbonyl (C=O) groups is 1. The highest BCUT2D eigenvalue weighted by Crippen LogP contribution is 2.55. The van der Waals surface area contributed by atoms with Crippen LogP contribution < -0.4 is 38.9 Å². The van der Waals surface area contributed by atoms with Gasteiger partial charge in [-0.3, -0.25) is 24.7 Å². The molecular formula is C67H83N11O12S. The standard InChI is InChI=1S/C67H83N11O12S/c1-42(2)89-59-8-6-5-7-48(59)57-38-75(58-40-88-39-51-50(58)37-70-63(61(51)85-4)74-26-29-86-30-27-74)24-25-76(57)46-34-67(35-46)19-22-73(23-20-67)45-9-11-49(54(32-45)77-53-16-28-87-41-60(53)90-65-56(77)31-44-15-21-68-62(44)71-65)64(79)72-91(83,84)47-10-12-52(55(33-47)78(81)82)69-36-43-13-17-66(3,80)18-14-43/h5-12,15,21,31-33,37,42-43,46,53,57-58,60,69,80H,13-14,16-20,22-30,34-36,38-41H2,1-4H3,(H,68,71)(H,72,79)/t43?,53-,57+,58+,60-,66?/m0/s1. The van der Waals surface area contributed by atoms with Gasteiger partial charge in [0, 0.05) is 106 Å². The van der Waals surface area contributed by atoms with E-state index in [0.717, 1.165) is 130 Å². The van der Waals surface area contributed by atoms with Crippen LogP contribution in [0.5, 0.6) is 17.4 Å². The van der Waals surface area contributed by atoms with Gasteiger partial charge in [0.1, 0.15) is 28.9 Å². The third-order valence-electron chi connectivity index (χ3n) is 20.6. The average Bonchev–Trinajstić information content (AvgIpc) is 1.36. The lowest BCUT2D eigenvalue weighted by Crippen LogP contribution is -2.60. The summed E-state index contributed by atoms with van der Waals surface area (Å²) in [5.74, 6) is 2.18. The summed E-state index contributed by atoms with van der Waals surface area (Å²) < 4.78 is 68.4. The minimum atomic E-state index is -4.66. The van der Waals surface area contributed by atoms with E-state index in [9.17, 15) is 28.4 Å². The van der Waals surface area contributed by atoms with Crippen molar-refractivity contribution in [3.8, 4) is 17.4 Å². The molecule has 4 atom stereocenters. The first-order chi connectivity index (χ1) is 44.0. The summed E-state index contributed by atoms with van der Waals surface area (Å²) >= 11 is 0. The molecule has 6 aliphatic heterocycles. The Labute approximate surface area is 530 Å². The maximum atomic E-state index is 14.9. The van der Waals surface area contributed by atoms with Gasteiger partial charge >= 0.3 is 0 Å². The summed E-state index contributed by atoms with van der Waals surface area (Å²) in [6.45, 7) is 15.1. The van der Waals surface area contributed by atoms with E-state index in [4.69, 9.17) is 38.4 Å². The number of para-hydroxylation sites is 1. The van der Waals surface area contributed by atoms with Crippen LogP contribution in [0.15, 0.2) is 90.1 Å². The SMILES string of the molecule is COc1c(N2CCOCC2)ncc2c1COC[C@H]2N1CCN(C2CC3(CCN(c4ccc(C(=O)NS(=O)(=O)c5ccc(NCC6CCC(C)(O)CC6)c([N+](=O)[O-])c5)c(N5c6cc7cc[nH]c7nc6O[C@H]6COCC[C@@H]65)c4)CC3)C2)[C@@H](c2ccccc2OC(C)C)C1. The van der Waals surface area contributed by atoms with Crippen molar-refractivity contribution in [2.24, 2.45) is 11.3 Å². The molecular weight excluding hydrogens is 1180 g/mol. The second kappa shape index (κ2) is 25.0. The third-order valence-corrected chi connectivity index (χ3v) is 22.0. The van der Waals surface area contributed by atoms with Crippen molar-refractivity contribution in [3.63, 3.8) is 0 Å². The van der Waals surface area contributed by atoms with Crippen LogP contribution >= 0.6 is 0 Å². The number of sulfonamides is 1. The second-order valence-electron chi connectivity index (χ2n) is 26.8. The largest absolute Gasteiger partial charge is 0.492 e. The number of methoxy groups -OCH3 is 1. The number of piperidine rings is 1. The average molecular weight is 1270 g/mol. The van der Waals surface area contributed by atoms with E-state index in [-0.39, 0.29) is 53.4 Å². The fourth-order valence-electron chi connectivity index (χ4n) is 15.6. The number of amides is 1. The zero-order valence-electron chi connectivity index (χ0n) is 52.3. The molecule has 2 saturated carbocycles. The van der Waals surface area contributed by atoms with E-state index < -0.39 is 43.1 Å². The summed E-state index contributed by atoms with van der Waals surface area (Å²) in [5, 5.41) is 27.0. The summed E-state index contributed by atoms with van der Waals surface area (Å²) in [7, 11) is -2.93. The van der Waals surface area contributed by atoms with Crippen molar-refractivity contribution in [2.45, 2.75) is 132 Å². The number of carbonyl (C=O) groups excluding carboxylic acids is 1. The van der Waals surface area contributed by atoms with Crippen LogP contribution in [0.3, 0.4) is 0 Å². The second-order valence-corrected chi connectivity index (χ2v) is 28.4.